The Hall–Kier alpha value is -2.18. The Bertz CT molecular complexity index is 788. The number of nitrogens with zero attached hydrogens (tertiary/aromatic N) is 4. The molecule has 0 amide bonds. The van der Waals surface area contributed by atoms with E-state index in [9.17, 15) is 5.11 Å². The van der Waals surface area contributed by atoms with Crippen LogP contribution in [0.4, 0.5) is 5.82 Å². The predicted octanol–water partition coefficient (Wildman–Crippen LogP) is 2.62. The van der Waals surface area contributed by atoms with Crippen LogP contribution in [0.25, 0.3) is 5.78 Å². The Morgan fingerprint density at radius 1 is 1.36 bits per heavy atom. The van der Waals surface area contributed by atoms with Gasteiger partial charge in [-0.1, -0.05) is 29.8 Å². The number of hydrogen-bond acceptors (Lipinski definition) is 5. The minimum absolute atomic E-state index is 0.529. The molecule has 0 aliphatic rings. The molecule has 0 saturated carbocycles. The van der Waals surface area contributed by atoms with Gasteiger partial charge < -0.3 is 10.4 Å². The molecule has 6 nitrogen and oxygen atoms in total. The normalized spacial score (nSPS) is 12.5. The van der Waals surface area contributed by atoms with E-state index in [4.69, 9.17) is 11.6 Å². The first kappa shape index (κ1) is 14.7. The molecule has 2 heterocycles. The van der Waals surface area contributed by atoms with E-state index in [0.717, 1.165) is 17.1 Å². The van der Waals surface area contributed by atoms with E-state index in [1.54, 1.807) is 10.6 Å². The fourth-order valence-corrected chi connectivity index (χ4v) is 2.56. The van der Waals surface area contributed by atoms with Gasteiger partial charge in [0.15, 0.2) is 0 Å². The Balaban J connectivity index is 1.67. The summed E-state index contributed by atoms with van der Waals surface area (Å²) in [6.45, 7) is 2.48. The van der Waals surface area contributed by atoms with Gasteiger partial charge in [-0.2, -0.15) is 14.6 Å². The number of nitrogens with one attached hydrogen (secondary N) is 1. The van der Waals surface area contributed by atoms with Gasteiger partial charge in [0.2, 0.25) is 0 Å². The molecule has 0 fully saturated rings. The summed E-state index contributed by atoms with van der Waals surface area (Å²) in [4.78, 5) is 8.36. The number of halogens is 1. The molecule has 1 aromatic carbocycles. The number of hydrogen-bond donors (Lipinski definition) is 2. The summed E-state index contributed by atoms with van der Waals surface area (Å²) in [6, 6.07) is 9.21. The number of aromatic nitrogens is 4. The average molecular weight is 318 g/mol. The molecule has 22 heavy (non-hydrogen) atoms. The third kappa shape index (κ3) is 3.03. The smallest absolute Gasteiger partial charge is 0.254 e. The molecule has 0 aliphatic carbocycles. The molecule has 0 bridgehead atoms. The maximum atomic E-state index is 10.2. The van der Waals surface area contributed by atoms with Crippen molar-refractivity contribution in [2.75, 3.05) is 11.9 Å². The molecular weight excluding hydrogens is 302 g/mol. The van der Waals surface area contributed by atoms with Crippen LogP contribution in [0.1, 0.15) is 23.8 Å². The lowest BCUT2D eigenvalue weighted by atomic mass is 10.1. The van der Waals surface area contributed by atoms with Crippen LogP contribution in [-0.4, -0.2) is 31.2 Å². The van der Waals surface area contributed by atoms with Gasteiger partial charge in [0.25, 0.3) is 5.78 Å². The molecule has 1 atom stereocenters. The molecule has 0 aliphatic heterocycles. The van der Waals surface area contributed by atoms with Crippen LogP contribution in [0.5, 0.6) is 0 Å². The van der Waals surface area contributed by atoms with Crippen LogP contribution in [0.3, 0.4) is 0 Å². The first-order valence-electron chi connectivity index (χ1n) is 6.99. The number of benzene rings is 1. The van der Waals surface area contributed by atoms with Gasteiger partial charge in [0.05, 0.1) is 6.10 Å². The number of aliphatic hydroxyl groups excluding tert-OH is 1. The van der Waals surface area contributed by atoms with Gasteiger partial charge in [0, 0.05) is 23.3 Å². The summed E-state index contributed by atoms with van der Waals surface area (Å²) in [5.41, 5.74) is 1.59. The molecule has 2 aromatic heterocycles. The summed E-state index contributed by atoms with van der Waals surface area (Å²) in [6.07, 6.45) is 1.38. The highest BCUT2D eigenvalue weighted by molar-refractivity contribution is 6.31. The predicted molar refractivity (Wildman–Crippen MR) is 85.0 cm³/mol. The molecule has 0 radical (unpaired) electrons. The number of rotatable bonds is 5. The molecule has 7 heteroatoms. The largest absolute Gasteiger partial charge is 0.388 e. The van der Waals surface area contributed by atoms with Crippen LogP contribution in [0.2, 0.25) is 5.02 Å². The summed E-state index contributed by atoms with van der Waals surface area (Å²) in [7, 11) is 0. The molecule has 3 rings (SSSR count). The van der Waals surface area contributed by atoms with Crippen molar-refractivity contribution in [3.05, 3.63) is 52.9 Å². The van der Waals surface area contributed by atoms with Crippen molar-refractivity contribution in [1.82, 2.24) is 19.6 Å². The van der Waals surface area contributed by atoms with Crippen molar-refractivity contribution in [2.45, 2.75) is 19.4 Å². The molecule has 0 spiro atoms. The number of aryl methyl sites for hydroxylation is 1. The van der Waals surface area contributed by atoms with E-state index in [1.807, 2.05) is 31.2 Å². The maximum Gasteiger partial charge on any atom is 0.254 e. The van der Waals surface area contributed by atoms with E-state index in [1.165, 1.54) is 6.33 Å². The standard InChI is InChI=1S/C15H16ClN5O/c1-10-8-14(21-15(20-10)18-9-19-21)17-7-6-13(22)11-4-2-3-5-12(11)16/h2-5,8-9,13,17,22H,6-7H2,1H3. The lowest BCUT2D eigenvalue weighted by Gasteiger charge is -2.14. The summed E-state index contributed by atoms with van der Waals surface area (Å²) in [5, 5.41) is 18.2. The van der Waals surface area contributed by atoms with Crippen LogP contribution in [0, 0.1) is 6.92 Å². The second-order valence-electron chi connectivity index (χ2n) is 5.01. The topological polar surface area (TPSA) is 75.3 Å². The summed E-state index contributed by atoms with van der Waals surface area (Å²) >= 11 is 6.09. The van der Waals surface area contributed by atoms with Gasteiger partial charge in [-0.25, -0.2) is 4.98 Å². The third-order valence-electron chi connectivity index (χ3n) is 3.37. The van der Waals surface area contributed by atoms with Crippen molar-refractivity contribution < 1.29 is 5.11 Å². The van der Waals surface area contributed by atoms with E-state index in [-0.39, 0.29) is 0 Å². The van der Waals surface area contributed by atoms with Crippen molar-refractivity contribution in [2.24, 2.45) is 0 Å². The minimum atomic E-state index is -0.615. The fourth-order valence-electron chi connectivity index (χ4n) is 2.29. The second kappa shape index (κ2) is 6.29. The van der Waals surface area contributed by atoms with Gasteiger partial charge in [-0.15, -0.1) is 0 Å². The first-order chi connectivity index (χ1) is 10.6. The first-order valence-corrected chi connectivity index (χ1v) is 7.36. The van der Waals surface area contributed by atoms with Crippen molar-refractivity contribution in [3.8, 4) is 0 Å². The number of anilines is 1. The van der Waals surface area contributed by atoms with E-state index in [0.29, 0.717) is 23.8 Å². The average Bonchev–Trinajstić information content (AvgIpc) is 2.95. The summed E-state index contributed by atoms with van der Waals surface area (Å²) in [5.74, 6) is 1.35. The van der Waals surface area contributed by atoms with Gasteiger partial charge in [-0.05, 0) is 25.0 Å². The lowest BCUT2D eigenvalue weighted by molar-refractivity contribution is 0.171. The second-order valence-corrected chi connectivity index (χ2v) is 5.41. The molecule has 2 N–H and O–H groups in total. The van der Waals surface area contributed by atoms with E-state index >= 15 is 0 Å². The SMILES string of the molecule is Cc1cc(NCCC(O)c2ccccc2Cl)n2ncnc2n1. The third-order valence-corrected chi connectivity index (χ3v) is 3.71. The van der Waals surface area contributed by atoms with Crippen molar-refractivity contribution in [3.63, 3.8) is 0 Å². The molecule has 1 unspecified atom stereocenters. The molecular formula is C15H16ClN5O. The monoisotopic (exact) mass is 317 g/mol. The zero-order valence-electron chi connectivity index (χ0n) is 12.1. The van der Waals surface area contributed by atoms with Gasteiger partial charge >= 0.3 is 0 Å². The molecule has 114 valence electrons. The highest BCUT2D eigenvalue weighted by Gasteiger charge is 2.11. The minimum Gasteiger partial charge on any atom is -0.388 e. The van der Waals surface area contributed by atoms with Crippen molar-refractivity contribution in [1.29, 1.82) is 0 Å². The van der Waals surface area contributed by atoms with E-state index < -0.39 is 6.10 Å². The summed E-state index contributed by atoms with van der Waals surface area (Å²) < 4.78 is 1.63. The zero-order valence-corrected chi connectivity index (χ0v) is 12.8. The zero-order chi connectivity index (χ0) is 15.5. The quantitative estimate of drug-likeness (QED) is 0.756. The Labute approximate surface area is 132 Å². The van der Waals surface area contributed by atoms with Gasteiger partial charge in [0.1, 0.15) is 12.1 Å². The molecule has 3 aromatic rings. The fraction of sp³-hybridized carbons (Fsp3) is 0.267. The lowest BCUT2D eigenvalue weighted by Crippen LogP contribution is -2.11. The Morgan fingerprint density at radius 2 is 2.18 bits per heavy atom. The van der Waals surface area contributed by atoms with Crippen LogP contribution < -0.4 is 5.32 Å². The number of aliphatic hydroxyl groups is 1. The van der Waals surface area contributed by atoms with E-state index in [2.05, 4.69) is 20.4 Å². The Morgan fingerprint density at radius 3 is 3.00 bits per heavy atom. The highest BCUT2D eigenvalue weighted by Crippen LogP contribution is 2.24. The maximum absolute atomic E-state index is 10.2. The Kier molecular flexibility index (Phi) is 4.22. The van der Waals surface area contributed by atoms with Crippen molar-refractivity contribution >= 4 is 23.2 Å². The number of fused-ring (bicyclic) bond motifs is 1. The highest BCUT2D eigenvalue weighted by atomic mass is 35.5. The van der Waals surface area contributed by atoms with Crippen LogP contribution >= 0.6 is 11.6 Å². The van der Waals surface area contributed by atoms with Crippen LogP contribution in [-0.2, 0) is 0 Å². The van der Waals surface area contributed by atoms with Gasteiger partial charge in [-0.3, -0.25) is 0 Å². The van der Waals surface area contributed by atoms with Crippen LogP contribution in [0.15, 0.2) is 36.7 Å². The molecule has 0 saturated heterocycles.